The van der Waals surface area contributed by atoms with Crippen molar-refractivity contribution in [3.8, 4) is 0 Å². The van der Waals surface area contributed by atoms with E-state index in [1.807, 2.05) is 6.92 Å². The minimum absolute atomic E-state index is 0.715. The molecule has 0 bridgehead atoms. The normalized spacial score (nSPS) is 10.0. The minimum atomic E-state index is 0.715. The molecule has 0 aliphatic carbocycles. The Balaban J connectivity index is 2.60. The molecule has 0 unspecified atom stereocenters. The summed E-state index contributed by atoms with van der Waals surface area (Å²) in [6.45, 7) is 4.32. The molecule has 0 aromatic rings. The molecule has 0 saturated heterocycles. The van der Waals surface area contributed by atoms with Gasteiger partial charge in [-0.15, -0.1) is 0 Å². The first-order valence-electron chi connectivity index (χ1n) is 3.25. The van der Waals surface area contributed by atoms with Gasteiger partial charge in [-0.25, -0.2) is 5.48 Å². The molecule has 0 aromatic heterocycles. The lowest BCUT2D eigenvalue weighted by Crippen LogP contribution is -2.16. The average Bonchev–Trinajstić information content (AvgIpc) is 1.89. The van der Waals surface area contributed by atoms with Crippen LogP contribution in [-0.4, -0.2) is 26.9 Å². The zero-order valence-electron chi connectivity index (χ0n) is 6.14. The number of methoxy groups -OCH3 is 1. The monoisotopic (exact) mass is 133 g/mol. The van der Waals surface area contributed by atoms with Gasteiger partial charge in [0.15, 0.2) is 0 Å². The Morgan fingerprint density at radius 2 is 2.22 bits per heavy atom. The van der Waals surface area contributed by atoms with Crippen LogP contribution in [0.15, 0.2) is 0 Å². The molecule has 0 spiro atoms. The summed E-state index contributed by atoms with van der Waals surface area (Å²) in [6, 6.07) is 0. The van der Waals surface area contributed by atoms with E-state index in [0.717, 1.165) is 19.6 Å². The van der Waals surface area contributed by atoms with Crippen molar-refractivity contribution in [2.24, 2.45) is 0 Å². The van der Waals surface area contributed by atoms with Crippen LogP contribution in [0.4, 0.5) is 0 Å². The van der Waals surface area contributed by atoms with Crippen molar-refractivity contribution < 1.29 is 9.57 Å². The van der Waals surface area contributed by atoms with Crippen LogP contribution < -0.4 is 5.48 Å². The molecule has 0 heterocycles. The van der Waals surface area contributed by atoms with Gasteiger partial charge in [-0.1, -0.05) is 0 Å². The van der Waals surface area contributed by atoms with Crippen LogP contribution in [0.25, 0.3) is 0 Å². The summed E-state index contributed by atoms with van der Waals surface area (Å²) >= 11 is 0. The topological polar surface area (TPSA) is 30.5 Å². The van der Waals surface area contributed by atoms with E-state index in [2.05, 4.69) is 5.48 Å². The van der Waals surface area contributed by atoms with E-state index in [-0.39, 0.29) is 0 Å². The lowest BCUT2D eigenvalue weighted by molar-refractivity contribution is 0.0455. The molecule has 0 aromatic carbocycles. The van der Waals surface area contributed by atoms with E-state index in [1.165, 1.54) is 0 Å². The van der Waals surface area contributed by atoms with Crippen molar-refractivity contribution in [3.05, 3.63) is 0 Å². The molecule has 0 aliphatic rings. The fourth-order valence-corrected chi connectivity index (χ4v) is 0.463. The predicted octanol–water partition coefficient (Wildman–Crippen LogP) is 0.564. The summed E-state index contributed by atoms with van der Waals surface area (Å²) in [5.41, 5.74) is 2.79. The number of nitrogens with one attached hydrogen (secondary N) is 1. The van der Waals surface area contributed by atoms with Gasteiger partial charge in [0.05, 0.1) is 6.61 Å². The molecule has 0 fully saturated rings. The third-order valence-electron chi connectivity index (χ3n) is 0.874. The van der Waals surface area contributed by atoms with Crippen molar-refractivity contribution in [2.45, 2.75) is 13.3 Å². The fraction of sp³-hybridized carbons (Fsp3) is 1.00. The largest absolute Gasteiger partial charge is 0.385 e. The second-order valence-corrected chi connectivity index (χ2v) is 1.67. The van der Waals surface area contributed by atoms with E-state index >= 15 is 0 Å². The second-order valence-electron chi connectivity index (χ2n) is 1.67. The summed E-state index contributed by atoms with van der Waals surface area (Å²) in [5.74, 6) is 0. The molecular formula is C6H15NO2. The highest BCUT2D eigenvalue weighted by molar-refractivity contribution is 4.34. The van der Waals surface area contributed by atoms with Crippen LogP contribution >= 0.6 is 0 Å². The van der Waals surface area contributed by atoms with Crippen molar-refractivity contribution >= 4 is 0 Å². The van der Waals surface area contributed by atoms with Crippen LogP contribution in [-0.2, 0) is 9.57 Å². The van der Waals surface area contributed by atoms with Crippen LogP contribution in [0.5, 0.6) is 0 Å². The summed E-state index contributed by atoms with van der Waals surface area (Å²) in [5, 5.41) is 0. The van der Waals surface area contributed by atoms with E-state index in [0.29, 0.717) is 6.61 Å². The first-order valence-corrected chi connectivity index (χ1v) is 3.25. The Kier molecular flexibility index (Phi) is 7.77. The standard InChI is InChI=1S/C6H15NO2/c1-3-9-7-5-4-6-8-2/h7H,3-6H2,1-2H3. The van der Waals surface area contributed by atoms with Gasteiger partial charge in [-0.3, -0.25) is 0 Å². The van der Waals surface area contributed by atoms with E-state index in [9.17, 15) is 0 Å². The molecular weight excluding hydrogens is 118 g/mol. The Morgan fingerprint density at radius 1 is 1.44 bits per heavy atom. The van der Waals surface area contributed by atoms with Gasteiger partial charge in [-0.2, -0.15) is 0 Å². The molecule has 0 radical (unpaired) electrons. The zero-order valence-corrected chi connectivity index (χ0v) is 6.14. The van der Waals surface area contributed by atoms with Crippen molar-refractivity contribution in [3.63, 3.8) is 0 Å². The lowest BCUT2D eigenvalue weighted by atomic mass is 10.5. The molecule has 0 amide bonds. The fourth-order valence-electron chi connectivity index (χ4n) is 0.463. The molecule has 56 valence electrons. The van der Waals surface area contributed by atoms with E-state index in [1.54, 1.807) is 7.11 Å². The average molecular weight is 133 g/mol. The van der Waals surface area contributed by atoms with Gasteiger partial charge in [0.2, 0.25) is 0 Å². The molecule has 3 heteroatoms. The Morgan fingerprint density at radius 3 is 2.78 bits per heavy atom. The summed E-state index contributed by atoms with van der Waals surface area (Å²) in [7, 11) is 1.70. The number of hydrogen-bond acceptors (Lipinski definition) is 3. The minimum Gasteiger partial charge on any atom is -0.385 e. The van der Waals surface area contributed by atoms with Gasteiger partial charge in [-0.05, 0) is 13.3 Å². The van der Waals surface area contributed by atoms with Crippen molar-refractivity contribution in [1.82, 2.24) is 5.48 Å². The lowest BCUT2D eigenvalue weighted by Gasteiger charge is -2.01. The summed E-state index contributed by atoms with van der Waals surface area (Å²) in [4.78, 5) is 4.87. The molecule has 1 N–H and O–H groups in total. The third kappa shape index (κ3) is 7.88. The number of rotatable bonds is 6. The maximum atomic E-state index is 4.87. The Bertz CT molecular complexity index is 44.3. The summed E-state index contributed by atoms with van der Waals surface area (Å²) < 4.78 is 4.83. The molecule has 0 aliphatic heterocycles. The molecule has 0 rings (SSSR count). The van der Waals surface area contributed by atoms with Gasteiger partial charge >= 0.3 is 0 Å². The number of hydrogen-bond donors (Lipinski definition) is 1. The third-order valence-corrected chi connectivity index (χ3v) is 0.874. The first-order chi connectivity index (χ1) is 4.41. The van der Waals surface area contributed by atoms with Crippen LogP contribution in [0.1, 0.15) is 13.3 Å². The van der Waals surface area contributed by atoms with Crippen LogP contribution in [0.3, 0.4) is 0 Å². The van der Waals surface area contributed by atoms with Crippen molar-refractivity contribution in [1.29, 1.82) is 0 Å². The van der Waals surface area contributed by atoms with Crippen LogP contribution in [0.2, 0.25) is 0 Å². The summed E-state index contributed by atoms with van der Waals surface area (Å²) in [6.07, 6.45) is 0.997. The van der Waals surface area contributed by atoms with Gasteiger partial charge < -0.3 is 9.57 Å². The number of ether oxygens (including phenoxy) is 1. The maximum absolute atomic E-state index is 4.87. The van der Waals surface area contributed by atoms with E-state index in [4.69, 9.17) is 9.57 Å². The maximum Gasteiger partial charge on any atom is 0.0653 e. The van der Waals surface area contributed by atoms with Crippen molar-refractivity contribution in [2.75, 3.05) is 26.9 Å². The number of hydroxylamine groups is 1. The molecule has 0 atom stereocenters. The highest BCUT2D eigenvalue weighted by Crippen LogP contribution is 1.76. The van der Waals surface area contributed by atoms with Crippen LogP contribution in [0, 0.1) is 0 Å². The zero-order chi connectivity index (χ0) is 6.95. The van der Waals surface area contributed by atoms with E-state index < -0.39 is 0 Å². The second kappa shape index (κ2) is 7.88. The Labute approximate surface area is 56.3 Å². The van der Waals surface area contributed by atoms with Gasteiger partial charge in [0.25, 0.3) is 0 Å². The SMILES string of the molecule is CCONCCCOC. The molecule has 0 saturated carbocycles. The molecule has 3 nitrogen and oxygen atoms in total. The highest BCUT2D eigenvalue weighted by Gasteiger charge is 1.83. The quantitative estimate of drug-likeness (QED) is 0.424. The van der Waals surface area contributed by atoms with Gasteiger partial charge in [0, 0.05) is 20.3 Å². The molecule has 9 heavy (non-hydrogen) atoms. The Hall–Kier alpha value is -0.120. The van der Waals surface area contributed by atoms with Gasteiger partial charge in [0.1, 0.15) is 0 Å². The smallest absolute Gasteiger partial charge is 0.0653 e. The predicted molar refractivity (Wildman–Crippen MR) is 36.1 cm³/mol. The first kappa shape index (κ1) is 8.88. The highest BCUT2D eigenvalue weighted by atomic mass is 16.6.